The monoisotopic (exact) mass is 275 g/mol. The summed E-state index contributed by atoms with van der Waals surface area (Å²) < 4.78 is 1.96. The zero-order valence-corrected chi connectivity index (χ0v) is 12.3. The van der Waals surface area contributed by atoms with Crippen molar-refractivity contribution in [1.82, 2.24) is 15.0 Å². The average Bonchev–Trinajstić information content (AvgIpc) is 3.16. The Balaban J connectivity index is 1.84. The van der Waals surface area contributed by atoms with Gasteiger partial charge in [-0.1, -0.05) is 41.7 Å². The maximum absolute atomic E-state index is 4.34. The second-order valence-electron chi connectivity index (χ2n) is 6.07. The smallest absolute Gasteiger partial charge is 0.139 e. The first kappa shape index (κ1) is 12.6. The van der Waals surface area contributed by atoms with E-state index in [1.165, 1.54) is 36.7 Å². The van der Waals surface area contributed by atoms with Crippen LogP contribution < -0.4 is 5.46 Å². The van der Waals surface area contributed by atoms with Crippen molar-refractivity contribution < 1.29 is 0 Å². The summed E-state index contributed by atoms with van der Waals surface area (Å²) in [5, 5.41) is 8.61. The molecule has 2 aromatic carbocycles. The summed E-state index contributed by atoms with van der Waals surface area (Å²) in [4.78, 5) is 0. The van der Waals surface area contributed by atoms with E-state index in [0.29, 0.717) is 0 Å². The van der Waals surface area contributed by atoms with Gasteiger partial charge >= 0.3 is 0 Å². The normalized spacial score (nSPS) is 15.8. The summed E-state index contributed by atoms with van der Waals surface area (Å²) in [6.45, 7) is 0. The summed E-state index contributed by atoms with van der Waals surface area (Å²) in [6.07, 6.45) is 5.36. The van der Waals surface area contributed by atoms with Crippen molar-refractivity contribution in [2.75, 3.05) is 0 Å². The molecule has 1 aliphatic rings. The standard InChI is InChI=1S/C17H18BN3/c18-14-9-13(12-5-1-2-6-12)10-15(11-14)21-17-8-4-3-7-16(17)19-20-21/h3-4,7-12H,1-2,5-6,18H2. The van der Waals surface area contributed by atoms with Gasteiger partial charge in [-0.05, 0) is 48.6 Å². The lowest BCUT2D eigenvalue weighted by Gasteiger charge is -2.13. The van der Waals surface area contributed by atoms with E-state index in [1.54, 1.807) is 0 Å². The Labute approximate surface area is 125 Å². The SMILES string of the molecule is Bc1cc(C2CCCC2)cc(-n2nnc3ccccc32)c1. The fraction of sp³-hybridized carbons (Fsp3) is 0.294. The quantitative estimate of drug-likeness (QED) is 0.672. The number of benzene rings is 2. The highest BCUT2D eigenvalue weighted by Crippen LogP contribution is 2.34. The van der Waals surface area contributed by atoms with E-state index < -0.39 is 0 Å². The van der Waals surface area contributed by atoms with Crippen LogP contribution in [0.15, 0.2) is 42.5 Å². The molecule has 0 saturated heterocycles. The van der Waals surface area contributed by atoms with Gasteiger partial charge in [0.25, 0.3) is 0 Å². The highest BCUT2D eigenvalue weighted by molar-refractivity contribution is 6.32. The molecule has 3 nitrogen and oxygen atoms in total. The lowest BCUT2D eigenvalue weighted by atomic mass is 9.88. The second-order valence-corrected chi connectivity index (χ2v) is 6.07. The minimum Gasteiger partial charge on any atom is -0.213 e. The van der Waals surface area contributed by atoms with Gasteiger partial charge in [0.15, 0.2) is 0 Å². The van der Waals surface area contributed by atoms with E-state index in [0.717, 1.165) is 22.6 Å². The van der Waals surface area contributed by atoms with Gasteiger partial charge in [-0.25, -0.2) is 4.68 Å². The molecule has 3 aromatic rings. The summed E-state index contributed by atoms with van der Waals surface area (Å²) in [6, 6.07) is 14.9. The molecule has 0 atom stereocenters. The van der Waals surface area contributed by atoms with E-state index in [1.807, 2.05) is 22.9 Å². The van der Waals surface area contributed by atoms with Gasteiger partial charge in [-0.2, -0.15) is 0 Å². The molecule has 4 heteroatoms. The largest absolute Gasteiger partial charge is 0.213 e. The third-order valence-electron chi connectivity index (χ3n) is 4.51. The Hall–Kier alpha value is -2.10. The number of nitrogens with zero attached hydrogens (tertiary/aromatic N) is 3. The molecule has 0 spiro atoms. The van der Waals surface area contributed by atoms with Crippen LogP contribution in [0.2, 0.25) is 0 Å². The van der Waals surface area contributed by atoms with Crippen molar-refractivity contribution in [3.8, 4) is 5.69 Å². The van der Waals surface area contributed by atoms with Gasteiger partial charge in [-0.3, -0.25) is 0 Å². The first-order valence-corrected chi connectivity index (χ1v) is 7.74. The van der Waals surface area contributed by atoms with Gasteiger partial charge < -0.3 is 0 Å². The number of para-hydroxylation sites is 1. The lowest BCUT2D eigenvalue weighted by molar-refractivity contribution is 0.721. The first-order valence-electron chi connectivity index (χ1n) is 7.74. The van der Waals surface area contributed by atoms with Crippen molar-refractivity contribution in [2.45, 2.75) is 31.6 Å². The zero-order chi connectivity index (χ0) is 14.2. The fourth-order valence-corrected chi connectivity index (χ4v) is 3.47. The van der Waals surface area contributed by atoms with Crippen LogP contribution in [0, 0.1) is 0 Å². The van der Waals surface area contributed by atoms with Gasteiger partial charge in [0, 0.05) is 0 Å². The van der Waals surface area contributed by atoms with E-state index in [2.05, 4.69) is 42.4 Å². The lowest BCUT2D eigenvalue weighted by Crippen LogP contribution is -2.09. The molecule has 4 rings (SSSR count). The molecule has 0 aliphatic heterocycles. The number of hydrogen-bond acceptors (Lipinski definition) is 2. The van der Waals surface area contributed by atoms with Crippen LogP contribution in [0.4, 0.5) is 0 Å². The average molecular weight is 275 g/mol. The van der Waals surface area contributed by atoms with Gasteiger partial charge in [0.1, 0.15) is 13.4 Å². The van der Waals surface area contributed by atoms with Crippen molar-refractivity contribution in [3.05, 3.63) is 48.0 Å². The molecular formula is C17H18BN3. The van der Waals surface area contributed by atoms with Gasteiger partial charge in [0.05, 0.1) is 11.2 Å². The molecule has 21 heavy (non-hydrogen) atoms. The van der Waals surface area contributed by atoms with Crippen molar-refractivity contribution >= 4 is 24.3 Å². The minimum atomic E-state index is 0.721. The van der Waals surface area contributed by atoms with Crippen LogP contribution in [0.5, 0.6) is 0 Å². The van der Waals surface area contributed by atoms with Crippen LogP contribution >= 0.6 is 0 Å². The van der Waals surface area contributed by atoms with E-state index in [-0.39, 0.29) is 0 Å². The fourth-order valence-electron chi connectivity index (χ4n) is 3.47. The van der Waals surface area contributed by atoms with Crippen molar-refractivity contribution in [1.29, 1.82) is 0 Å². The molecule has 1 aliphatic carbocycles. The molecule has 0 radical (unpaired) electrons. The molecule has 0 bridgehead atoms. The third-order valence-corrected chi connectivity index (χ3v) is 4.51. The number of fused-ring (bicyclic) bond motifs is 1. The van der Waals surface area contributed by atoms with Gasteiger partial charge in [0.2, 0.25) is 0 Å². The Morgan fingerprint density at radius 3 is 2.71 bits per heavy atom. The van der Waals surface area contributed by atoms with Crippen LogP contribution in [0.3, 0.4) is 0 Å². The van der Waals surface area contributed by atoms with Gasteiger partial charge in [-0.15, -0.1) is 5.10 Å². The molecule has 0 unspecified atom stereocenters. The van der Waals surface area contributed by atoms with Crippen LogP contribution in [-0.4, -0.2) is 22.8 Å². The molecular weight excluding hydrogens is 257 g/mol. The summed E-state index contributed by atoms with van der Waals surface area (Å²) in [5.41, 5.74) is 5.91. The zero-order valence-electron chi connectivity index (χ0n) is 12.3. The molecule has 1 fully saturated rings. The Morgan fingerprint density at radius 1 is 1.05 bits per heavy atom. The van der Waals surface area contributed by atoms with Crippen molar-refractivity contribution in [2.24, 2.45) is 0 Å². The van der Waals surface area contributed by atoms with E-state index >= 15 is 0 Å². The summed E-state index contributed by atoms with van der Waals surface area (Å²) in [5.74, 6) is 0.721. The van der Waals surface area contributed by atoms with Crippen LogP contribution in [-0.2, 0) is 0 Å². The number of aromatic nitrogens is 3. The number of hydrogen-bond donors (Lipinski definition) is 0. The molecule has 1 heterocycles. The predicted octanol–water partition coefficient (Wildman–Crippen LogP) is 2.34. The Bertz CT molecular complexity index is 788. The summed E-state index contributed by atoms with van der Waals surface area (Å²) >= 11 is 0. The third kappa shape index (κ3) is 2.25. The number of rotatable bonds is 2. The molecule has 104 valence electrons. The molecule has 0 N–H and O–H groups in total. The first-order chi connectivity index (χ1) is 10.3. The highest BCUT2D eigenvalue weighted by Gasteiger charge is 2.18. The van der Waals surface area contributed by atoms with Crippen LogP contribution in [0.1, 0.15) is 37.2 Å². The maximum Gasteiger partial charge on any atom is 0.139 e. The topological polar surface area (TPSA) is 30.7 Å². The Morgan fingerprint density at radius 2 is 1.86 bits per heavy atom. The molecule has 1 aromatic heterocycles. The molecule has 0 amide bonds. The van der Waals surface area contributed by atoms with Crippen molar-refractivity contribution in [3.63, 3.8) is 0 Å². The minimum absolute atomic E-state index is 0.721. The predicted molar refractivity (Wildman–Crippen MR) is 88.3 cm³/mol. The van der Waals surface area contributed by atoms with E-state index in [9.17, 15) is 0 Å². The molecule has 1 saturated carbocycles. The van der Waals surface area contributed by atoms with Crippen LogP contribution in [0.25, 0.3) is 16.7 Å². The highest BCUT2D eigenvalue weighted by atomic mass is 15.4. The maximum atomic E-state index is 4.34. The summed E-state index contributed by atoms with van der Waals surface area (Å²) in [7, 11) is 2.17. The second kappa shape index (κ2) is 5.03. The van der Waals surface area contributed by atoms with E-state index in [4.69, 9.17) is 0 Å². The Kier molecular flexibility index (Phi) is 3.02.